The summed E-state index contributed by atoms with van der Waals surface area (Å²) in [7, 11) is 3.40. The number of furan rings is 1. The summed E-state index contributed by atoms with van der Waals surface area (Å²) in [5.41, 5.74) is 0.723. The summed E-state index contributed by atoms with van der Waals surface area (Å²) >= 11 is 0. The third-order valence-corrected chi connectivity index (χ3v) is 2.28. The summed E-state index contributed by atoms with van der Waals surface area (Å²) in [5.74, 6) is -1.76. The zero-order chi connectivity index (χ0) is 11.9. The summed E-state index contributed by atoms with van der Waals surface area (Å²) in [4.78, 5) is 12.3. The lowest BCUT2D eigenvalue weighted by molar-refractivity contribution is 0.0665. The van der Waals surface area contributed by atoms with Crippen LogP contribution in [-0.4, -0.2) is 25.2 Å². The molecule has 1 heterocycles. The number of anilines is 1. The smallest absolute Gasteiger partial charge is 0.371 e. The Kier molecular flexibility index (Phi) is 2.30. The number of nitrogens with zero attached hydrogens (tertiary/aromatic N) is 1. The van der Waals surface area contributed by atoms with E-state index in [0.717, 1.165) is 0 Å². The maximum Gasteiger partial charge on any atom is 0.371 e. The molecule has 0 aliphatic heterocycles. The van der Waals surface area contributed by atoms with Crippen molar-refractivity contribution in [1.29, 1.82) is 0 Å². The molecule has 1 aromatic heterocycles. The molecule has 1 N–H and O–H groups in total. The van der Waals surface area contributed by atoms with Gasteiger partial charge in [0.05, 0.1) is 5.69 Å². The topological polar surface area (TPSA) is 53.7 Å². The van der Waals surface area contributed by atoms with Crippen LogP contribution in [0.25, 0.3) is 11.0 Å². The maximum atomic E-state index is 13.5. The Balaban J connectivity index is 2.65. The molecule has 0 spiro atoms. The molecule has 16 heavy (non-hydrogen) atoms. The van der Waals surface area contributed by atoms with E-state index in [1.54, 1.807) is 19.0 Å². The van der Waals surface area contributed by atoms with Crippen LogP contribution in [0.3, 0.4) is 0 Å². The highest BCUT2D eigenvalue weighted by Gasteiger charge is 2.14. The fourth-order valence-electron chi connectivity index (χ4n) is 1.50. The van der Waals surface area contributed by atoms with E-state index in [4.69, 9.17) is 9.52 Å². The monoisotopic (exact) mass is 223 g/mol. The van der Waals surface area contributed by atoms with E-state index in [9.17, 15) is 9.18 Å². The fourth-order valence-corrected chi connectivity index (χ4v) is 1.50. The third kappa shape index (κ3) is 1.60. The number of aromatic carboxylic acids is 1. The molecular formula is C11H10FNO3. The van der Waals surface area contributed by atoms with Crippen molar-refractivity contribution < 1.29 is 18.7 Å². The number of carbonyl (C=O) groups is 1. The second kappa shape index (κ2) is 3.52. The van der Waals surface area contributed by atoms with E-state index in [1.807, 2.05) is 0 Å². The van der Waals surface area contributed by atoms with Gasteiger partial charge in [-0.25, -0.2) is 9.18 Å². The number of fused-ring (bicyclic) bond motifs is 1. The van der Waals surface area contributed by atoms with Crippen molar-refractivity contribution in [1.82, 2.24) is 0 Å². The Hall–Kier alpha value is -2.04. The molecule has 84 valence electrons. The number of benzene rings is 1. The molecule has 0 fully saturated rings. The molecule has 0 saturated carbocycles. The lowest BCUT2D eigenvalue weighted by Gasteiger charge is -2.12. The molecule has 0 radical (unpaired) electrons. The summed E-state index contributed by atoms with van der Waals surface area (Å²) in [6.45, 7) is 0. The van der Waals surface area contributed by atoms with E-state index in [-0.39, 0.29) is 5.76 Å². The molecule has 0 aliphatic rings. The van der Waals surface area contributed by atoms with Gasteiger partial charge >= 0.3 is 5.97 Å². The second-order valence-electron chi connectivity index (χ2n) is 3.65. The minimum atomic E-state index is -1.16. The van der Waals surface area contributed by atoms with Crippen LogP contribution in [0, 0.1) is 5.82 Å². The lowest BCUT2D eigenvalue weighted by Crippen LogP contribution is -2.10. The summed E-state index contributed by atoms with van der Waals surface area (Å²) in [6, 6.07) is 4.05. The van der Waals surface area contributed by atoms with Crippen LogP contribution in [0.5, 0.6) is 0 Å². The molecule has 5 heteroatoms. The Labute approximate surface area is 90.9 Å². The molecule has 0 aliphatic carbocycles. The summed E-state index contributed by atoms with van der Waals surface area (Å²) in [5, 5.41) is 9.18. The first-order valence-corrected chi connectivity index (χ1v) is 4.63. The van der Waals surface area contributed by atoms with Crippen molar-refractivity contribution in [2.24, 2.45) is 0 Å². The van der Waals surface area contributed by atoms with Gasteiger partial charge in [-0.05, 0) is 12.1 Å². The predicted molar refractivity (Wildman–Crippen MR) is 57.5 cm³/mol. The molecular weight excluding hydrogens is 213 g/mol. The SMILES string of the molecule is CN(C)c1cc2oc(C(=O)O)cc2cc1F. The Bertz CT molecular complexity index is 560. The lowest BCUT2D eigenvalue weighted by atomic mass is 10.2. The fraction of sp³-hybridized carbons (Fsp3) is 0.182. The summed E-state index contributed by atoms with van der Waals surface area (Å²) in [6.07, 6.45) is 0. The van der Waals surface area contributed by atoms with Crippen LogP contribution in [0.1, 0.15) is 10.6 Å². The predicted octanol–water partition coefficient (Wildman–Crippen LogP) is 2.34. The van der Waals surface area contributed by atoms with E-state index < -0.39 is 11.8 Å². The van der Waals surface area contributed by atoms with Gasteiger partial charge in [0.25, 0.3) is 0 Å². The van der Waals surface area contributed by atoms with Crippen LogP contribution < -0.4 is 4.90 Å². The van der Waals surface area contributed by atoms with Crippen molar-refractivity contribution in [3.8, 4) is 0 Å². The van der Waals surface area contributed by atoms with Crippen molar-refractivity contribution in [3.05, 3.63) is 29.8 Å². The number of hydrogen-bond acceptors (Lipinski definition) is 3. The van der Waals surface area contributed by atoms with E-state index in [0.29, 0.717) is 16.7 Å². The largest absolute Gasteiger partial charge is 0.475 e. The molecule has 2 rings (SSSR count). The van der Waals surface area contributed by atoms with Crippen molar-refractivity contribution >= 4 is 22.6 Å². The van der Waals surface area contributed by atoms with E-state index in [1.165, 1.54) is 18.2 Å². The van der Waals surface area contributed by atoms with E-state index >= 15 is 0 Å². The third-order valence-electron chi connectivity index (χ3n) is 2.28. The number of rotatable bonds is 2. The number of halogens is 1. The molecule has 0 bridgehead atoms. The van der Waals surface area contributed by atoms with Crippen LogP contribution in [0.4, 0.5) is 10.1 Å². The zero-order valence-electron chi connectivity index (χ0n) is 8.82. The van der Waals surface area contributed by atoms with Gasteiger partial charge in [0, 0.05) is 25.5 Å². The van der Waals surface area contributed by atoms with Gasteiger partial charge in [-0.1, -0.05) is 0 Å². The van der Waals surface area contributed by atoms with Gasteiger partial charge in [-0.2, -0.15) is 0 Å². The van der Waals surface area contributed by atoms with Crippen molar-refractivity contribution in [3.63, 3.8) is 0 Å². The van der Waals surface area contributed by atoms with Gasteiger partial charge < -0.3 is 14.4 Å². The quantitative estimate of drug-likeness (QED) is 0.848. The van der Waals surface area contributed by atoms with Gasteiger partial charge in [0.1, 0.15) is 11.4 Å². The first kappa shape index (κ1) is 10.5. The molecule has 0 saturated heterocycles. The first-order valence-electron chi connectivity index (χ1n) is 4.63. The zero-order valence-corrected chi connectivity index (χ0v) is 8.82. The molecule has 1 aromatic carbocycles. The molecule has 4 nitrogen and oxygen atoms in total. The molecule has 0 unspecified atom stereocenters. The second-order valence-corrected chi connectivity index (χ2v) is 3.65. The minimum Gasteiger partial charge on any atom is -0.475 e. The molecule has 2 aromatic rings. The van der Waals surface area contributed by atoms with E-state index in [2.05, 4.69) is 0 Å². The first-order chi connectivity index (χ1) is 7.49. The standard InChI is InChI=1S/C11H10FNO3/c1-13(2)8-5-9-6(3-7(8)12)4-10(16-9)11(14)15/h3-5H,1-2H3,(H,14,15). The maximum absolute atomic E-state index is 13.5. The van der Waals surface area contributed by atoms with Gasteiger partial charge in [-0.15, -0.1) is 0 Å². The van der Waals surface area contributed by atoms with Gasteiger partial charge in [0.2, 0.25) is 5.76 Å². The highest BCUT2D eigenvalue weighted by atomic mass is 19.1. The van der Waals surface area contributed by atoms with Crippen molar-refractivity contribution in [2.45, 2.75) is 0 Å². The Morgan fingerprint density at radius 1 is 1.38 bits per heavy atom. The van der Waals surface area contributed by atoms with Gasteiger partial charge in [0.15, 0.2) is 0 Å². The average molecular weight is 223 g/mol. The van der Waals surface area contributed by atoms with Crippen LogP contribution >= 0.6 is 0 Å². The number of carboxylic acid groups (broad SMARTS) is 1. The Morgan fingerprint density at radius 2 is 2.06 bits per heavy atom. The van der Waals surface area contributed by atoms with Crippen LogP contribution in [-0.2, 0) is 0 Å². The average Bonchev–Trinajstić information content (AvgIpc) is 2.58. The highest BCUT2D eigenvalue weighted by Crippen LogP contribution is 2.27. The number of hydrogen-bond donors (Lipinski definition) is 1. The van der Waals surface area contributed by atoms with Crippen LogP contribution in [0.2, 0.25) is 0 Å². The summed E-state index contributed by atoms with van der Waals surface area (Å²) < 4.78 is 18.6. The molecule has 0 atom stereocenters. The van der Waals surface area contributed by atoms with Crippen molar-refractivity contribution in [2.75, 3.05) is 19.0 Å². The highest BCUT2D eigenvalue weighted by molar-refractivity contribution is 5.92. The van der Waals surface area contributed by atoms with Crippen LogP contribution in [0.15, 0.2) is 22.6 Å². The minimum absolute atomic E-state index is 0.190. The Morgan fingerprint density at radius 3 is 2.62 bits per heavy atom. The normalized spacial score (nSPS) is 10.7. The van der Waals surface area contributed by atoms with Gasteiger partial charge in [-0.3, -0.25) is 0 Å². The number of carboxylic acids is 1. The molecule has 0 amide bonds.